The maximum atomic E-state index is 12.2. The topological polar surface area (TPSA) is 41.6 Å². The lowest BCUT2D eigenvalue weighted by molar-refractivity contribution is -0.150. The van der Waals surface area contributed by atoms with E-state index in [9.17, 15) is 4.79 Å². The van der Waals surface area contributed by atoms with E-state index < -0.39 is 0 Å². The zero-order valence-corrected chi connectivity index (χ0v) is 14.1. The number of nitrogens with zero attached hydrogens (tertiary/aromatic N) is 1. The lowest BCUT2D eigenvalue weighted by Gasteiger charge is -2.43. The van der Waals surface area contributed by atoms with E-state index in [1.165, 1.54) is 39.2 Å². The van der Waals surface area contributed by atoms with E-state index in [1.807, 2.05) is 0 Å². The lowest BCUT2D eigenvalue weighted by Crippen LogP contribution is -2.55. The van der Waals surface area contributed by atoms with Crippen LogP contribution in [-0.2, 0) is 9.53 Å². The van der Waals surface area contributed by atoms with Crippen molar-refractivity contribution >= 4 is 5.97 Å². The van der Waals surface area contributed by atoms with Gasteiger partial charge in [0.2, 0.25) is 0 Å². The van der Waals surface area contributed by atoms with Crippen LogP contribution in [0.1, 0.15) is 59.3 Å². The molecule has 2 heterocycles. The summed E-state index contributed by atoms with van der Waals surface area (Å²) in [5, 5.41) is 3.67. The van der Waals surface area contributed by atoms with Gasteiger partial charge in [0, 0.05) is 18.1 Å². The Morgan fingerprint density at radius 2 is 1.90 bits per heavy atom. The van der Waals surface area contributed by atoms with Crippen molar-refractivity contribution in [3.8, 4) is 0 Å². The molecule has 0 aromatic carbocycles. The first-order valence-corrected chi connectivity index (χ1v) is 8.65. The summed E-state index contributed by atoms with van der Waals surface area (Å²) in [4.78, 5) is 14.7. The minimum atomic E-state index is -0.0420. The molecule has 3 atom stereocenters. The Balaban J connectivity index is 2.04. The second-order valence-corrected chi connectivity index (χ2v) is 7.12. The SMILES string of the molecule is CCCNC1CC2CCC(C1)N2C(CC(C)C)C(=O)OC. The van der Waals surface area contributed by atoms with Gasteiger partial charge in [-0.3, -0.25) is 9.69 Å². The van der Waals surface area contributed by atoms with Crippen LogP contribution in [0.4, 0.5) is 0 Å². The van der Waals surface area contributed by atoms with E-state index in [2.05, 4.69) is 31.0 Å². The molecule has 3 unspecified atom stereocenters. The first kappa shape index (κ1) is 16.8. The van der Waals surface area contributed by atoms with Crippen molar-refractivity contribution in [2.75, 3.05) is 13.7 Å². The van der Waals surface area contributed by atoms with E-state index in [0.29, 0.717) is 24.0 Å². The monoisotopic (exact) mass is 296 g/mol. The highest BCUT2D eigenvalue weighted by atomic mass is 16.5. The molecule has 0 aliphatic carbocycles. The maximum absolute atomic E-state index is 12.2. The molecule has 122 valence electrons. The number of piperidine rings is 1. The number of fused-ring (bicyclic) bond motifs is 2. The van der Waals surface area contributed by atoms with Crippen LogP contribution in [0, 0.1) is 5.92 Å². The van der Waals surface area contributed by atoms with E-state index >= 15 is 0 Å². The van der Waals surface area contributed by atoms with Gasteiger partial charge in [0.15, 0.2) is 0 Å². The van der Waals surface area contributed by atoms with E-state index in [-0.39, 0.29) is 12.0 Å². The molecule has 2 rings (SSSR count). The molecule has 2 aliphatic rings. The summed E-state index contributed by atoms with van der Waals surface area (Å²) in [6.07, 6.45) is 6.94. The Bertz CT molecular complexity index is 332. The fraction of sp³-hybridized carbons (Fsp3) is 0.941. The number of ether oxygens (including phenoxy) is 1. The van der Waals surface area contributed by atoms with Gasteiger partial charge in [-0.15, -0.1) is 0 Å². The molecular weight excluding hydrogens is 264 g/mol. The lowest BCUT2D eigenvalue weighted by atomic mass is 9.92. The molecule has 2 fully saturated rings. The Hall–Kier alpha value is -0.610. The highest BCUT2D eigenvalue weighted by Gasteiger charge is 2.46. The van der Waals surface area contributed by atoms with Crippen molar-refractivity contribution < 1.29 is 9.53 Å². The first-order chi connectivity index (χ1) is 10.1. The average Bonchev–Trinajstić information content (AvgIpc) is 2.71. The molecule has 2 bridgehead atoms. The number of rotatable bonds is 7. The number of methoxy groups -OCH3 is 1. The standard InChI is InChI=1S/C17H32N2O2/c1-5-8-18-13-10-14-6-7-15(11-13)19(14)16(9-12(2)3)17(20)21-4/h12-16,18H,5-11H2,1-4H3. The number of carbonyl (C=O) groups excluding carboxylic acids is 1. The highest BCUT2D eigenvalue weighted by molar-refractivity contribution is 5.75. The smallest absolute Gasteiger partial charge is 0.323 e. The highest BCUT2D eigenvalue weighted by Crippen LogP contribution is 2.38. The third kappa shape index (κ3) is 3.98. The van der Waals surface area contributed by atoms with Gasteiger partial charge in [0.25, 0.3) is 0 Å². The summed E-state index contributed by atoms with van der Waals surface area (Å²) >= 11 is 0. The van der Waals surface area contributed by atoms with Gasteiger partial charge in [-0.1, -0.05) is 20.8 Å². The molecule has 0 radical (unpaired) electrons. The molecule has 4 heteroatoms. The van der Waals surface area contributed by atoms with E-state index in [0.717, 1.165) is 13.0 Å². The van der Waals surface area contributed by atoms with Crippen LogP contribution in [-0.4, -0.2) is 48.7 Å². The average molecular weight is 296 g/mol. The van der Waals surface area contributed by atoms with E-state index in [4.69, 9.17) is 4.74 Å². The molecule has 0 aromatic heterocycles. The molecule has 1 N–H and O–H groups in total. The third-order valence-electron chi connectivity index (χ3n) is 5.00. The summed E-state index contributed by atoms with van der Waals surface area (Å²) in [5.74, 6) is 0.477. The van der Waals surface area contributed by atoms with Crippen LogP contribution in [0.2, 0.25) is 0 Å². The van der Waals surface area contributed by atoms with Gasteiger partial charge in [-0.2, -0.15) is 0 Å². The van der Waals surface area contributed by atoms with Gasteiger partial charge in [-0.05, 0) is 51.0 Å². The molecule has 2 aliphatic heterocycles. The minimum absolute atomic E-state index is 0.0411. The number of carbonyl (C=O) groups is 1. The summed E-state index contributed by atoms with van der Waals surface area (Å²) < 4.78 is 5.09. The summed E-state index contributed by atoms with van der Waals surface area (Å²) in [5.41, 5.74) is 0. The van der Waals surface area contributed by atoms with Gasteiger partial charge < -0.3 is 10.1 Å². The van der Waals surface area contributed by atoms with Crippen LogP contribution in [0.3, 0.4) is 0 Å². The molecular formula is C17H32N2O2. The zero-order valence-electron chi connectivity index (χ0n) is 14.1. The van der Waals surface area contributed by atoms with Crippen molar-refractivity contribution in [3.63, 3.8) is 0 Å². The Morgan fingerprint density at radius 3 is 2.38 bits per heavy atom. The maximum Gasteiger partial charge on any atom is 0.323 e. The fourth-order valence-electron chi connectivity index (χ4n) is 4.16. The molecule has 2 saturated heterocycles. The van der Waals surface area contributed by atoms with Gasteiger partial charge in [-0.25, -0.2) is 0 Å². The van der Waals surface area contributed by atoms with Gasteiger partial charge >= 0.3 is 5.97 Å². The minimum Gasteiger partial charge on any atom is -0.468 e. The quantitative estimate of drug-likeness (QED) is 0.733. The first-order valence-electron chi connectivity index (χ1n) is 8.65. The molecule has 0 spiro atoms. The van der Waals surface area contributed by atoms with Gasteiger partial charge in [0.05, 0.1) is 7.11 Å². The van der Waals surface area contributed by atoms with Crippen molar-refractivity contribution in [3.05, 3.63) is 0 Å². The zero-order chi connectivity index (χ0) is 15.4. The summed E-state index contributed by atoms with van der Waals surface area (Å²) in [6.45, 7) is 7.70. The molecule has 0 aromatic rings. The van der Waals surface area contributed by atoms with Crippen LogP contribution >= 0.6 is 0 Å². The molecule has 0 saturated carbocycles. The van der Waals surface area contributed by atoms with Gasteiger partial charge in [0.1, 0.15) is 6.04 Å². The summed E-state index contributed by atoms with van der Waals surface area (Å²) in [7, 11) is 1.52. The number of hydrogen-bond donors (Lipinski definition) is 1. The van der Waals surface area contributed by atoms with Crippen LogP contribution in [0.5, 0.6) is 0 Å². The summed E-state index contributed by atoms with van der Waals surface area (Å²) in [6, 6.07) is 1.71. The van der Waals surface area contributed by atoms with Crippen molar-refractivity contribution in [1.82, 2.24) is 10.2 Å². The Morgan fingerprint density at radius 1 is 1.29 bits per heavy atom. The second kappa shape index (κ2) is 7.59. The van der Waals surface area contributed by atoms with Crippen molar-refractivity contribution in [2.24, 2.45) is 5.92 Å². The molecule has 21 heavy (non-hydrogen) atoms. The van der Waals surface area contributed by atoms with Crippen molar-refractivity contribution in [2.45, 2.75) is 83.5 Å². The third-order valence-corrected chi connectivity index (χ3v) is 5.00. The number of nitrogens with one attached hydrogen (secondary N) is 1. The molecule has 4 nitrogen and oxygen atoms in total. The predicted octanol–water partition coefficient (Wildman–Crippen LogP) is 2.57. The second-order valence-electron chi connectivity index (χ2n) is 7.12. The Kier molecular flexibility index (Phi) is 6.06. The van der Waals surface area contributed by atoms with Crippen LogP contribution in [0.15, 0.2) is 0 Å². The fourth-order valence-corrected chi connectivity index (χ4v) is 4.16. The largest absolute Gasteiger partial charge is 0.468 e. The number of hydrogen-bond acceptors (Lipinski definition) is 4. The Labute approximate surface area is 129 Å². The number of esters is 1. The van der Waals surface area contributed by atoms with Crippen molar-refractivity contribution in [1.29, 1.82) is 0 Å². The normalized spacial score (nSPS) is 30.6. The van der Waals surface area contributed by atoms with E-state index in [1.54, 1.807) is 0 Å². The molecule has 0 amide bonds. The van der Waals surface area contributed by atoms with Crippen LogP contribution < -0.4 is 5.32 Å². The predicted molar refractivity (Wildman–Crippen MR) is 85.2 cm³/mol. The van der Waals surface area contributed by atoms with Crippen LogP contribution in [0.25, 0.3) is 0 Å².